The predicted molar refractivity (Wildman–Crippen MR) is 66.9 cm³/mol. The summed E-state index contributed by atoms with van der Waals surface area (Å²) in [7, 11) is 0. The standard InChI is InChI=1S/C12H19N3O3/c1-8(2)10(13)12(17)15-6-5-14-11(16)9-4-3-7-18-9/h3-4,7-8,10H,5-6,13H2,1-2H3,(H,14,16)(H,15,17)/t10-/m0/s1. The summed E-state index contributed by atoms with van der Waals surface area (Å²) in [5.74, 6) is -0.178. The van der Waals surface area contributed by atoms with Crippen molar-refractivity contribution < 1.29 is 14.0 Å². The van der Waals surface area contributed by atoms with E-state index < -0.39 is 6.04 Å². The molecule has 1 rings (SSSR count). The molecule has 0 bridgehead atoms. The minimum atomic E-state index is -0.522. The summed E-state index contributed by atoms with van der Waals surface area (Å²) in [6.45, 7) is 4.42. The Morgan fingerprint density at radius 2 is 2.00 bits per heavy atom. The van der Waals surface area contributed by atoms with Gasteiger partial charge in [0, 0.05) is 13.1 Å². The van der Waals surface area contributed by atoms with E-state index in [0.29, 0.717) is 13.1 Å². The molecule has 6 heteroatoms. The highest BCUT2D eigenvalue weighted by atomic mass is 16.3. The molecule has 6 nitrogen and oxygen atoms in total. The maximum Gasteiger partial charge on any atom is 0.287 e. The highest BCUT2D eigenvalue weighted by Gasteiger charge is 2.16. The molecule has 0 unspecified atom stereocenters. The van der Waals surface area contributed by atoms with Crippen molar-refractivity contribution in [2.24, 2.45) is 11.7 Å². The van der Waals surface area contributed by atoms with Gasteiger partial charge in [-0.25, -0.2) is 0 Å². The smallest absolute Gasteiger partial charge is 0.287 e. The number of hydrogen-bond acceptors (Lipinski definition) is 4. The fraction of sp³-hybridized carbons (Fsp3) is 0.500. The second-order valence-corrected chi connectivity index (χ2v) is 4.29. The Bertz CT molecular complexity index is 387. The highest BCUT2D eigenvalue weighted by Crippen LogP contribution is 1.99. The lowest BCUT2D eigenvalue weighted by molar-refractivity contribution is -0.123. The predicted octanol–water partition coefficient (Wildman–Crippen LogP) is 0.109. The van der Waals surface area contributed by atoms with E-state index in [9.17, 15) is 9.59 Å². The number of rotatable bonds is 6. The number of furan rings is 1. The van der Waals surface area contributed by atoms with Gasteiger partial charge in [-0.15, -0.1) is 0 Å². The SMILES string of the molecule is CC(C)[C@H](N)C(=O)NCCNC(=O)c1ccco1. The molecule has 0 aliphatic carbocycles. The first kappa shape index (κ1) is 14.2. The van der Waals surface area contributed by atoms with Gasteiger partial charge in [0.1, 0.15) is 0 Å². The van der Waals surface area contributed by atoms with E-state index in [2.05, 4.69) is 10.6 Å². The topological polar surface area (TPSA) is 97.4 Å². The Labute approximate surface area is 106 Å². The maximum absolute atomic E-state index is 11.5. The van der Waals surface area contributed by atoms with Crippen molar-refractivity contribution in [2.75, 3.05) is 13.1 Å². The van der Waals surface area contributed by atoms with Gasteiger partial charge in [-0.2, -0.15) is 0 Å². The first-order valence-electron chi connectivity index (χ1n) is 5.87. The van der Waals surface area contributed by atoms with Crippen LogP contribution in [-0.4, -0.2) is 30.9 Å². The number of hydrogen-bond donors (Lipinski definition) is 3. The lowest BCUT2D eigenvalue weighted by Gasteiger charge is -2.15. The van der Waals surface area contributed by atoms with Gasteiger partial charge in [0.05, 0.1) is 12.3 Å². The average molecular weight is 253 g/mol. The van der Waals surface area contributed by atoms with Gasteiger partial charge in [-0.05, 0) is 18.1 Å². The van der Waals surface area contributed by atoms with Crippen LogP contribution in [0.3, 0.4) is 0 Å². The van der Waals surface area contributed by atoms with Crippen LogP contribution in [0.4, 0.5) is 0 Å². The van der Waals surface area contributed by atoms with E-state index >= 15 is 0 Å². The van der Waals surface area contributed by atoms with E-state index in [0.717, 1.165) is 0 Å². The summed E-state index contributed by atoms with van der Waals surface area (Å²) in [5.41, 5.74) is 5.66. The first-order valence-corrected chi connectivity index (χ1v) is 5.87. The zero-order valence-corrected chi connectivity index (χ0v) is 10.6. The molecule has 1 heterocycles. The number of nitrogens with two attached hydrogens (primary N) is 1. The summed E-state index contributed by atoms with van der Waals surface area (Å²) in [5, 5.41) is 5.28. The van der Waals surface area contributed by atoms with E-state index in [1.807, 2.05) is 13.8 Å². The van der Waals surface area contributed by atoms with Gasteiger partial charge in [0.2, 0.25) is 5.91 Å². The van der Waals surface area contributed by atoms with Crippen molar-refractivity contribution in [3.8, 4) is 0 Å². The normalized spacial score (nSPS) is 12.2. The third-order valence-electron chi connectivity index (χ3n) is 2.48. The zero-order chi connectivity index (χ0) is 13.5. The molecule has 18 heavy (non-hydrogen) atoms. The van der Waals surface area contributed by atoms with Crippen molar-refractivity contribution in [1.82, 2.24) is 10.6 Å². The third-order valence-corrected chi connectivity index (χ3v) is 2.48. The van der Waals surface area contributed by atoms with Crippen LogP contribution in [-0.2, 0) is 4.79 Å². The molecular formula is C12H19N3O3. The van der Waals surface area contributed by atoms with Crippen LogP contribution >= 0.6 is 0 Å². The average Bonchev–Trinajstić information content (AvgIpc) is 2.86. The van der Waals surface area contributed by atoms with Crippen LogP contribution in [0.5, 0.6) is 0 Å². The summed E-state index contributed by atoms with van der Waals surface area (Å²) >= 11 is 0. The van der Waals surface area contributed by atoms with Crippen molar-refractivity contribution >= 4 is 11.8 Å². The molecule has 0 aliphatic heterocycles. The van der Waals surface area contributed by atoms with Crippen molar-refractivity contribution in [2.45, 2.75) is 19.9 Å². The molecule has 4 N–H and O–H groups in total. The molecule has 0 fully saturated rings. The van der Waals surface area contributed by atoms with Crippen LogP contribution in [0.25, 0.3) is 0 Å². The Kier molecular flexibility index (Phi) is 5.38. The monoisotopic (exact) mass is 253 g/mol. The Balaban J connectivity index is 2.19. The minimum Gasteiger partial charge on any atom is -0.459 e. The van der Waals surface area contributed by atoms with E-state index in [1.54, 1.807) is 12.1 Å². The highest BCUT2D eigenvalue weighted by molar-refractivity contribution is 5.91. The summed E-state index contributed by atoms with van der Waals surface area (Å²) in [6.07, 6.45) is 1.43. The molecule has 0 aliphatic rings. The quantitative estimate of drug-likeness (QED) is 0.627. The zero-order valence-electron chi connectivity index (χ0n) is 10.6. The van der Waals surface area contributed by atoms with Gasteiger partial charge in [0.25, 0.3) is 5.91 Å². The van der Waals surface area contributed by atoms with E-state index in [-0.39, 0.29) is 23.5 Å². The molecule has 1 aromatic heterocycles. The van der Waals surface area contributed by atoms with Crippen LogP contribution in [0.2, 0.25) is 0 Å². The number of carbonyl (C=O) groups is 2. The minimum absolute atomic E-state index is 0.0858. The molecule has 0 radical (unpaired) electrons. The molecule has 2 amide bonds. The van der Waals surface area contributed by atoms with Gasteiger partial charge < -0.3 is 20.8 Å². The van der Waals surface area contributed by atoms with Gasteiger partial charge in [0.15, 0.2) is 5.76 Å². The van der Waals surface area contributed by atoms with Crippen LogP contribution in [0.15, 0.2) is 22.8 Å². The Morgan fingerprint density at radius 3 is 2.56 bits per heavy atom. The van der Waals surface area contributed by atoms with E-state index in [4.69, 9.17) is 10.2 Å². The second kappa shape index (κ2) is 6.80. The molecule has 1 aromatic rings. The molecule has 1 atom stereocenters. The molecular weight excluding hydrogens is 234 g/mol. The van der Waals surface area contributed by atoms with Crippen molar-refractivity contribution in [3.63, 3.8) is 0 Å². The summed E-state index contributed by atoms with van der Waals surface area (Å²) in [6, 6.07) is 2.69. The van der Waals surface area contributed by atoms with Crippen LogP contribution in [0, 0.1) is 5.92 Å². The second-order valence-electron chi connectivity index (χ2n) is 4.29. The number of carbonyl (C=O) groups excluding carboxylic acids is 2. The summed E-state index contributed by atoms with van der Waals surface area (Å²) in [4.78, 5) is 22.9. The molecule has 0 aromatic carbocycles. The molecule has 0 saturated carbocycles. The van der Waals surface area contributed by atoms with Gasteiger partial charge in [-0.1, -0.05) is 13.8 Å². The van der Waals surface area contributed by atoms with Crippen LogP contribution in [0.1, 0.15) is 24.4 Å². The summed E-state index contributed by atoms with van der Waals surface area (Å²) < 4.78 is 4.92. The Morgan fingerprint density at radius 1 is 1.33 bits per heavy atom. The van der Waals surface area contributed by atoms with E-state index in [1.165, 1.54) is 6.26 Å². The van der Waals surface area contributed by atoms with Crippen molar-refractivity contribution in [3.05, 3.63) is 24.2 Å². The lowest BCUT2D eigenvalue weighted by atomic mass is 10.1. The fourth-order valence-corrected chi connectivity index (χ4v) is 1.28. The molecule has 0 spiro atoms. The molecule has 0 saturated heterocycles. The maximum atomic E-state index is 11.5. The van der Waals surface area contributed by atoms with Gasteiger partial charge >= 0.3 is 0 Å². The van der Waals surface area contributed by atoms with Gasteiger partial charge in [-0.3, -0.25) is 9.59 Å². The number of nitrogens with one attached hydrogen (secondary N) is 2. The first-order chi connectivity index (χ1) is 8.52. The molecule has 100 valence electrons. The fourth-order valence-electron chi connectivity index (χ4n) is 1.28. The Hall–Kier alpha value is -1.82. The lowest BCUT2D eigenvalue weighted by Crippen LogP contribution is -2.46. The van der Waals surface area contributed by atoms with Crippen molar-refractivity contribution in [1.29, 1.82) is 0 Å². The number of amides is 2. The van der Waals surface area contributed by atoms with Crippen LogP contribution < -0.4 is 16.4 Å². The third kappa shape index (κ3) is 4.21. The largest absolute Gasteiger partial charge is 0.459 e.